The minimum Gasteiger partial charge on any atom is -0.508 e. The molecule has 0 saturated carbocycles. The zero-order valence-corrected chi connectivity index (χ0v) is 13.3. The van der Waals surface area contributed by atoms with Gasteiger partial charge in [-0.25, -0.2) is 0 Å². The molecule has 2 heteroatoms. The number of rotatable bonds is 4. The summed E-state index contributed by atoms with van der Waals surface area (Å²) in [6.45, 7) is 10.4. The highest BCUT2D eigenvalue weighted by atomic mass is 16.3. The lowest BCUT2D eigenvalue weighted by Crippen LogP contribution is -2.17. The van der Waals surface area contributed by atoms with Crippen molar-refractivity contribution in [3.63, 3.8) is 0 Å². The summed E-state index contributed by atoms with van der Waals surface area (Å²) in [6.07, 6.45) is 6.22. The first-order chi connectivity index (χ1) is 9.93. The largest absolute Gasteiger partial charge is 0.508 e. The normalized spacial score (nSPS) is 22.0. The molecule has 0 amide bonds. The average Bonchev–Trinajstić information content (AvgIpc) is 2.41. The molecular formula is C19H26O2. The van der Waals surface area contributed by atoms with Gasteiger partial charge >= 0.3 is 0 Å². The monoisotopic (exact) mass is 286 g/mol. The summed E-state index contributed by atoms with van der Waals surface area (Å²) in [5.74, 6) is 0.905. The molecule has 0 aliphatic heterocycles. The highest BCUT2D eigenvalue weighted by Crippen LogP contribution is 2.44. The van der Waals surface area contributed by atoms with Crippen LogP contribution in [0.25, 0.3) is 0 Å². The molecule has 2 atom stereocenters. The molecule has 0 bridgehead atoms. The van der Waals surface area contributed by atoms with Gasteiger partial charge in [0.05, 0.1) is 0 Å². The summed E-state index contributed by atoms with van der Waals surface area (Å²) in [5, 5.41) is 20.3. The summed E-state index contributed by atoms with van der Waals surface area (Å²) in [6, 6.07) is 3.47. The fourth-order valence-electron chi connectivity index (χ4n) is 3.31. The van der Waals surface area contributed by atoms with E-state index in [1.54, 1.807) is 0 Å². The van der Waals surface area contributed by atoms with E-state index in [1.807, 2.05) is 6.07 Å². The van der Waals surface area contributed by atoms with Crippen LogP contribution in [0.5, 0.6) is 11.5 Å². The fraction of sp³-hybridized carbons (Fsp3) is 0.474. The van der Waals surface area contributed by atoms with Crippen molar-refractivity contribution >= 4 is 0 Å². The summed E-state index contributed by atoms with van der Waals surface area (Å²) >= 11 is 0. The van der Waals surface area contributed by atoms with Gasteiger partial charge in [0.1, 0.15) is 11.5 Å². The zero-order chi connectivity index (χ0) is 15.6. The quantitative estimate of drug-likeness (QED) is 0.759. The summed E-state index contributed by atoms with van der Waals surface area (Å²) in [7, 11) is 0. The lowest BCUT2D eigenvalue weighted by atomic mass is 9.74. The minimum absolute atomic E-state index is 0.160. The van der Waals surface area contributed by atoms with Crippen LogP contribution >= 0.6 is 0 Å². The van der Waals surface area contributed by atoms with Gasteiger partial charge < -0.3 is 10.2 Å². The fourth-order valence-corrected chi connectivity index (χ4v) is 3.31. The predicted molar refractivity (Wildman–Crippen MR) is 87.8 cm³/mol. The molecule has 0 heterocycles. The maximum Gasteiger partial charge on any atom is 0.123 e. The lowest BCUT2D eigenvalue weighted by Gasteiger charge is -2.31. The van der Waals surface area contributed by atoms with Crippen molar-refractivity contribution in [2.45, 2.75) is 52.4 Å². The van der Waals surface area contributed by atoms with Crippen LogP contribution < -0.4 is 0 Å². The van der Waals surface area contributed by atoms with E-state index in [2.05, 4.69) is 33.4 Å². The van der Waals surface area contributed by atoms with Gasteiger partial charge in [0.25, 0.3) is 0 Å². The molecule has 1 aromatic rings. The Morgan fingerprint density at radius 2 is 2.00 bits per heavy atom. The van der Waals surface area contributed by atoms with E-state index in [1.165, 1.54) is 11.6 Å². The Morgan fingerprint density at radius 3 is 2.62 bits per heavy atom. The van der Waals surface area contributed by atoms with Crippen LogP contribution in [0.4, 0.5) is 0 Å². The van der Waals surface area contributed by atoms with Crippen molar-refractivity contribution in [2.24, 2.45) is 5.92 Å². The summed E-state index contributed by atoms with van der Waals surface area (Å²) < 4.78 is 0. The van der Waals surface area contributed by atoms with Crippen LogP contribution in [0, 0.1) is 5.92 Å². The molecule has 21 heavy (non-hydrogen) atoms. The standard InChI is InChI=1S/C19H26O2/c1-5-6-14-10-17(19(21)11-18(14)20)16-9-13(4)7-8-15(16)12(2)3/h9-11,15-16,20-21H,2,5-8H2,1,3-4H3. The lowest BCUT2D eigenvalue weighted by molar-refractivity contribution is 0.423. The van der Waals surface area contributed by atoms with E-state index in [9.17, 15) is 10.2 Å². The maximum atomic E-state index is 10.3. The van der Waals surface area contributed by atoms with Gasteiger partial charge in [0.15, 0.2) is 0 Å². The third kappa shape index (κ3) is 3.31. The van der Waals surface area contributed by atoms with Crippen LogP contribution in [-0.4, -0.2) is 10.2 Å². The average molecular weight is 286 g/mol. The first-order valence-electron chi connectivity index (χ1n) is 7.81. The first-order valence-corrected chi connectivity index (χ1v) is 7.81. The highest BCUT2D eigenvalue weighted by molar-refractivity contribution is 5.49. The van der Waals surface area contributed by atoms with E-state index in [0.717, 1.165) is 42.4 Å². The first kappa shape index (κ1) is 15.7. The zero-order valence-electron chi connectivity index (χ0n) is 13.3. The number of phenols is 2. The van der Waals surface area contributed by atoms with E-state index >= 15 is 0 Å². The van der Waals surface area contributed by atoms with Crippen LogP contribution in [0.15, 0.2) is 35.9 Å². The molecule has 0 aromatic heterocycles. The third-order valence-corrected chi connectivity index (χ3v) is 4.49. The summed E-state index contributed by atoms with van der Waals surface area (Å²) in [4.78, 5) is 0. The molecule has 0 fully saturated rings. The molecule has 0 saturated heterocycles. The smallest absolute Gasteiger partial charge is 0.123 e. The Kier molecular flexibility index (Phi) is 4.76. The number of aryl methyl sites for hydroxylation is 1. The summed E-state index contributed by atoms with van der Waals surface area (Å²) in [5.41, 5.74) is 4.36. The molecule has 1 aliphatic carbocycles. The van der Waals surface area contributed by atoms with Crippen LogP contribution in [0.2, 0.25) is 0 Å². The molecule has 114 valence electrons. The van der Waals surface area contributed by atoms with E-state index in [-0.39, 0.29) is 17.4 Å². The molecule has 2 nitrogen and oxygen atoms in total. The second kappa shape index (κ2) is 6.38. The molecule has 0 spiro atoms. The molecule has 0 radical (unpaired) electrons. The molecule has 2 unspecified atom stereocenters. The van der Waals surface area contributed by atoms with Gasteiger partial charge in [-0.1, -0.05) is 37.1 Å². The number of benzene rings is 1. The Bertz CT molecular complexity index is 569. The van der Waals surface area contributed by atoms with E-state index < -0.39 is 0 Å². The van der Waals surface area contributed by atoms with Gasteiger partial charge in [-0.2, -0.15) is 0 Å². The topological polar surface area (TPSA) is 40.5 Å². The second-order valence-corrected chi connectivity index (χ2v) is 6.32. The van der Waals surface area contributed by atoms with Crippen molar-refractivity contribution in [2.75, 3.05) is 0 Å². The highest BCUT2D eigenvalue weighted by Gasteiger charge is 2.28. The van der Waals surface area contributed by atoms with Gasteiger partial charge in [-0.05, 0) is 50.7 Å². The van der Waals surface area contributed by atoms with Crippen LogP contribution in [0.3, 0.4) is 0 Å². The van der Waals surface area contributed by atoms with Gasteiger partial charge in [-0.3, -0.25) is 0 Å². The van der Waals surface area contributed by atoms with Gasteiger partial charge in [-0.15, -0.1) is 0 Å². The van der Waals surface area contributed by atoms with Crippen molar-refractivity contribution in [3.05, 3.63) is 47.1 Å². The minimum atomic E-state index is 0.160. The molecular weight excluding hydrogens is 260 g/mol. The molecule has 2 N–H and O–H groups in total. The molecule has 1 aromatic carbocycles. The Balaban J connectivity index is 2.49. The second-order valence-electron chi connectivity index (χ2n) is 6.32. The Labute approximate surface area is 127 Å². The van der Waals surface area contributed by atoms with Gasteiger partial charge in [0, 0.05) is 17.5 Å². The number of phenolic OH excluding ortho intramolecular Hbond substituents is 2. The molecule has 1 aliphatic rings. The maximum absolute atomic E-state index is 10.3. The predicted octanol–water partition coefficient (Wildman–Crippen LogP) is 5.07. The van der Waals surface area contributed by atoms with Crippen molar-refractivity contribution in [1.29, 1.82) is 0 Å². The van der Waals surface area contributed by atoms with Crippen molar-refractivity contribution in [3.8, 4) is 11.5 Å². The third-order valence-electron chi connectivity index (χ3n) is 4.49. The van der Waals surface area contributed by atoms with E-state index in [4.69, 9.17) is 0 Å². The van der Waals surface area contributed by atoms with E-state index in [0.29, 0.717) is 5.92 Å². The number of allylic oxidation sites excluding steroid dienone is 3. The Morgan fingerprint density at radius 1 is 1.29 bits per heavy atom. The number of hydrogen-bond donors (Lipinski definition) is 2. The van der Waals surface area contributed by atoms with Gasteiger partial charge in [0.2, 0.25) is 0 Å². The number of aromatic hydroxyl groups is 2. The SMILES string of the molecule is C=C(C)C1CCC(C)=CC1c1cc(CCC)c(O)cc1O. The Hall–Kier alpha value is -1.70. The van der Waals surface area contributed by atoms with Crippen molar-refractivity contribution in [1.82, 2.24) is 0 Å². The van der Waals surface area contributed by atoms with Crippen LogP contribution in [-0.2, 0) is 6.42 Å². The van der Waals surface area contributed by atoms with Crippen LogP contribution in [0.1, 0.15) is 57.1 Å². The molecule has 2 rings (SSSR count). The van der Waals surface area contributed by atoms with Crippen molar-refractivity contribution < 1.29 is 10.2 Å². The number of hydrogen-bond acceptors (Lipinski definition) is 2.